The number of methoxy groups -OCH3 is 1. The first-order valence-corrected chi connectivity index (χ1v) is 6.85. The number of rotatable bonds is 4. The van der Waals surface area contributed by atoms with Gasteiger partial charge in [0.05, 0.1) is 20.0 Å². The summed E-state index contributed by atoms with van der Waals surface area (Å²) in [6.07, 6.45) is 5.27. The number of nitrogens with zero attached hydrogens (tertiary/aromatic N) is 2. The van der Waals surface area contributed by atoms with E-state index >= 15 is 0 Å². The molecule has 0 saturated heterocycles. The molecule has 3 rings (SSSR count). The van der Waals surface area contributed by atoms with E-state index in [1.54, 1.807) is 19.6 Å². The highest BCUT2D eigenvalue weighted by Crippen LogP contribution is 2.28. The number of fused-ring (bicyclic) bond motifs is 1. The third-order valence-corrected chi connectivity index (χ3v) is 3.72. The van der Waals surface area contributed by atoms with Crippen LogP contribution in [0.25, 0.3) is 10.8 Å². The van der Waals surface area contributed by atoms with E-state index < -0.39 is 5.60 Å². The van der Waals surface area contributed by atoms with E-state index in [9.17, 15) is 5.11 Å². The minimum absolute atomic E-state index is 0.467. The van der Waals surface area contributed by atoms with Crippen molar-refractivity contribution in [1.82, 2.24) is 9.55 Å². The Morgan fingerprint density at radius 2 is 1.95 bits per heavy atom. The maximum absolute atomic E-state index is 10.7. The van der Waals surface area contributed by atoms with Gasteiger partial charge >= 0.3 is 0 Å². The molecule has 0 aliphatic carbocycles. The number of imidazole rings is 1. The first-order chi connectivity index (χ1) is 10.1. The van der Waals surface area contributed by atoms with Gasteiger partial charge in [-0.3, -0.25) is 0 Å². The van der Waals surface area contributed by atoms with Crippen LogP contribution in [-0.4, -0.2) is 21.8 Å². The summed E-state index contributed by atoms with van der Waals surface area (Å²) >= 11 is 0. The average molecular weight is 282 g/mol. The van der Waals surface area contributed by atoms with E-state index in [4.69, 9.17) is 4.74 Å². The van der Waals surface area contributed by atoms with Crippen molar-refractivity contribution in [2.24, 2.45) is 0 Å². The number of aliphatic hydroxyl groups is 1. The van der Waals surface area contributed by atoms with Crippen LogP contribution < -0.4 is 4.74 Å². The molecule has 0 amide bonds. The molecule has 4 heteroatoms. The van der Waals surface area contributed by atoms with E-state index in [2.05, 4.69) is 4.98 Å². The Hall–Kier alpha value is -2.33. The second-order valence-electron chi connectivity index (χ2n) is 5.44. The summed E-state index contributed by atoms with van der Waals surface area (Å²) in [7, 11) is 1.66. The molecule has 0 bridgehead atoms. The largest absolute Gasteiger partial charge is 0.497 e. The Morgan fingerprint density at radius 3 is 2.67 bits per heavy atom. The molecule has 0 radical (unpaired) electrons. The van der Waals surface area contributed by atoms with Gasteiger partial charge in [0.15, 0.2) is 0 Å². The van der Waals surface area contributed by atoms with Gasteiger partial charge in [0.25, 0.3) is 0 Å². The molecule has 0 saturated carbocycles. The molecule has 4 nitrogen and oxygen atoms in total. The summed E-state index contributed by atoms with van der Waals surface area (Å²) in [5, 5.41) is 12.9. The predicted octanol–water partition coefficient (Wildman–Crippen LogP) is 2.95. The number of aromatic nitrogens is 2. The van der Waals surface area contributed by atoms with Gasteiger partial charge in [-0.2, -0.15) is 0 Å². The second kappa shape index (κ2) is 5.22. The molecule has 2 aromatic carbocycles. The predicted molar refractivity (Wildman–Crippen MR) is 82.3 cm³/mol. The molecular formula is C17H18N2O2. The smallest absolute Gasteiger partial charge is 0.119 e. The molecule has 0 aliphatic rings. The van der Waals surface area contributed by atoms with Crippen molar-refractivity contribution in [1.29, 1.82) is 0 Å². The Kier molecular flexibility index (Phi) is 3.39. The van der Waals surface area contributed by atoms with Crippen LogP contribution in [0.1, 0.15) is 12.5 Å². The minimum atomic E-state index is -0.950. The summed E-state index contributed by atoms with van der Waals surface area (Å²) < 4.78 is 7.10. The Balaban J connectivity index is 1.96. The number of hydrogen-bond donors (Lipinski definition) is 1. The van der Waals surface area contributed by atoms with E-state index in [-0.39, 0.29) is 0 Å². The fraction of sp³-hybridized carbons (Fsp3) is 0.235. The Morgan fingerprint density at radius 1 is 1.19 bits per heavy atom. The average Bonchev–Trinajstić information content (AvgIpc) is 2.98. The maximum atomic E-state index is 10.7. The zero-order valence-electron chi connectivity index (χ0n) is 12.2. The standard InChI is InChI=1S/C17H18N2O2/c1-17(20,11-19-8-7-18-12-19)15-5-3-14-10-16(21-2)6-4-13(14)9-15/h3-10,12,20H,11H2,1-2H3. The summed E-state index contributed by atoms with van der Waals surface area (Å²) in [5.41, 5.74) is -0.0664. The first-order valence-electron chi connectivity index (χ1n) is 6.85. The van der Waals surface area contributed by atoms with Crippen molar-refractivity contribution in [2.45, 2.75) is 19.1 Å². The van der Waals surface area contributed by atoms with Crippen LogP contribution >= 0.6 is 0 Å². The lowest BCUT2D eigenvalue weighted by Gasteiger charge is -2.24. The van der Waals surface area contributed by atoms with Crippen molar-refractivity contribution in [3.05, 3.63) is 60.7 Å². The minimum Gasteiger partial charge on any atom is -0.497 e. The molecule has 0 fully saturated rings. The monoisotopic (exact) mass is 282 g/mol. The molecule has 1 N–H and O–H groups in total. The van der Waals surface area contributed by atoms with Gasteiger partial charge in [0.1, 0.15) is 11.4 Å². The van der Waals surface area contributed by atoms with Crippen LogP contribution in [0.5, 0.6) is 5.75 Å². The number of ether oxygens (including phenoxy) is 1. The number of hydrogen-bond acceptors (Lipinski definition) is 3. The Bertz CT molecular complexity index is 749. The molecule has 1 heterocycles. The first kappa shape index (κ1) is 13.6. The van der Waals surface area contributed by atoms with E-state index in [1.807, 2.05) is 54.1 Å². The van der Waals surface area contributed by atoms with Crippen LogP contribution in [0.4, 0.5) is 0 Å². The lowest BCUT2D eigenvalue weighted by molar-refractivity contribution is 0.0384. The van der Waals surface area contributed by atoms with Crippen molar-refractivity contribution in [3.63, 3.8) is 0 Å². The molecule has 3 aromatic rings. The zero-order valence-corrected chi connectivity index (χ0v) is 12.2. The van der Waals surface area contributed by atoms with Crippen molar-refractivity contribution < 1.29 is 9.84 Å². The third-order valence-electron chi connectivity index (χ3n) is 3.72. The molecule has 1 aromatic heterocycles. The lowest BCUT2D eigenvalue weighted by Crippen LogP contribution is -2.27. The van der Waals surface area contributed by atoms with Crippen LogP contribution in [0.2, 0.25) is 0 Å². The molecule has 1 unspecified atom stereocenters. The topological polar surface area (TPSA) is 47.3 Å². The van der Waals surface area contributed by atoms with Gasteiger partial charge in [-0.15, -0.1) is 0 Å². The summed E-state index contributed by atoms with van der Waals surface area (Å²) in [5.74, 6) is 0.834. The van der Waals surface area contributed by atoms with Crippen molar-refractivity contribution in [2.75, 3.05) is 7.11 Å². The SMILES string of the molecule is COc1ccc2cc(C(C)(O)Cn3ccnc3)ccc2c1. The van der Waals surface area contributed by atoms with Crippen LogP contribution in [0.3, 0.4) is 0 Å². The van der Waals surface area contributed by atoms with Crippen LogP contribution in [0, 0.1) is 0 Å². The van der Waals surface area contributed by atoms with E-state index in [1.165, 1.54) is 0 Å². The normalized spacial score (nSPS) is 14.0. The van der Waals surface area contributed by atoms with Crippen molar-refractivity contribution in [3.8, 4) is 5.75 Å². The quantitative estimate of drug-likeness (QED) is 0.800. The summed E-state index contributed by atoms with van der Waals surface area (Å²) in [6.45, 7) is 2.28. The lowest BCUT2D eigenvalue weighted by atomic mass is 9.93. The van der Waals surface area contributed by atoms with Gasteiger partial charge in [0.2, 0.25) is 0 Å². The molecule has 1 atom stereocenters. The van der Waals surface area contributed by atoms with Crippen molar-refractivity contribution >= 4 is 10.8 Å². The highest BCUT2D eigenvalue weighted by atomic mass is 16.5. The molecule has 0 aliphatic heterocycles. The molecular weight excluding hydrogens is 264 g/mol. The van der Waals surface area contributed by atoms with E-state index in [0.29, 0.717) is 6.54 Å². The third kappa shape index (κ3) is 2.76. The van der Waals surface area contributed by atoms with Gasteiger partial charge in [0, 0.05) is 12.4 Å². The Labute approximate surface area is 123 Å². The van der Waals surface area contributed by atoms with E-state index in [0.717, 1.165) is 22.1 Å². The summed E-state index contributed by atoms with van der Waals surface area (Å²) in [6, 6.07) is 11.9. The molecule has 0 spiro atoms. The van der Waals surface area contributed by atoms with Crippen LogP contribution in [0.15, 0.2) is 55.1 Å². The summed E-state index contributed by atoms with van der Waals surface area (Å²) in [4.78, 5) is 4.01. The van der Waals surface area contributed by atoms with Gasteiger partial charge in [-0.05, 0) is 41.5 Å². The van der Waals surface area contributed by atoms with Gasteiger partial charge < -0.3 is 14.4 Å². The van der Waals surface area contributed by atoms with Gasteiger partial charge in [-0.25, -0.2) is 4.98 Å². The zero-order chi connectivity index (χ0) is 14.9. The second-order valence-corrected chi connectivity index (χ2v) is 5.44. The van der Waals surface area contributed by atoms with Crippen LogP contribution in [-0.2, 0) is 12.1 Å². The fourth-order valence-electron chi connectivity index (χ4n) is 2.51. The highest BCUT2D eigenvalue weighted by molar-refractivity contribution is 5.84. The highest BCUT2D eigenvalue weighted by Gasteiger charge is 2.23. The van der Waals surface area contributed by atoms with Gasteiger partial charge in [-0.1, -0.05) is 18.2 Å². The molecule has 21 heavy (non-hydrogen) atoms. The fourth-order valence-corrected chi connectivity index (χ4v) is 2.51. The molecule has 108 valence electrons. The number of benzene rings is 2. The maximum Gasteiger partial charge on any atom is 0.119 e.